The lowest BCUT2D eigenvalue weighted by Gasteiger charge is -2.28. The Hall–Kier alpha value is -5.54. The average molecular weight is 1030 g/mol. The van der Waals surface area contributed by atoms with Gasteiger partial charge in [0.1, 0.15) is 42.5 Å². The molecule has 0 spiro atoms. The maximum atomic E-state index is 13.8. The highest BCUT2D eigenvalue weighted by atomic mass is 32.2. The second-order valence-corrected chi connectivity index (χ2v) is 19.2. The van der Waals surface area contributed by atoms with Crippen molar-refractivity contribution in [1.29, 1.82) is 0 Å². The summed E-state index contributed by atoms with van der Waals surface area (Å²) in [6, 6.07) is -10.6. The zero-order valence-corrected chi connectivity index (χ0v) is 42.8. The number of aliphatic hydroxyl groups is 1. The van der Waals surface area contributed by atoms with Crippen molar-refractivity contribution in [2.24, 2.45) is 29.2 Å². The molecule has 0 heterocycles. The summed E-state index contributed by atoms with van der Waals surface area (Å²) in [6.07, 6.45) is 3.54. The summed E-state index contributed by atoms with van der Waals surface area (Å²) in [5.74, 6) is -10.4. The minimum Gasteiger partial charge on any atom is -0.481 e. The largest absolute Gasteiger partial charge is 0.481 e. The molecule has 0 unspecified atom stereocenters. The molecule has 0 bridgehead atoms. The molecule has 25 nitrogen and oxygen atoms in total. The zero-order valence-electron chi connectivity index (χ0n) is 41.2. The third-order valence-electron chi connectivity index (χ3n) is 10.5. The summed E-state index contributed by atoms with van der Waals surface area (Å²) >= 11 is 2.77. The molecule has 0 fully saturated rings. The smallest absolute Gasteiger partial charge is 0.305 e. The molecule has 0 aromatic rings. The molecule has 0 radical (unpaired) electrons. The fraction of sp³-hybridized carbons (Fsp3) is 0.721. The number of primary amides is 1. The highest BCUT2D eigenvalue weighted by Gasteiger charge is 2.35. The van der Waals surface area contributed by atoms with Crippen molar-refractivity contribution in [1.82, 2.24) is 47.9 Å². The SMILES string of the molecule is CC[C@H](C)[C@H](N)C(=O)N[C@@H](CCC(N)=O)C(=O)NCC(=O)N[C@@H](CO)C(=O)N[C@@H](CC(C)C)C(=O)N[C@@H](CCSC)C(=O)N[C@@H](CC(=O)O)C(=O)N[C@H](C(=O)NCC(=O)N[C@H](C=O)CCSC)C(C)C. The van der Waals surface area contributed by atoms with E-state index in [2.05, 4.69) is 47.9 Å². The lowest BCUT2D eigenvalue weighted by Crippen LogP contribution is -2.60. The molecule has 27 heteroatoms. The van der Waals surface area contributed by atoms with Crippen LogP contribution in [-0.4, -0.2) is 174 Å². The van der Waals surface area contributed by atoms with Gasteiger partial charge in [0.15, 0.2) is 0 Å². The third kappa shape index (κ3) is 25.9. The number of carbonyl (C=O) groups excluding carboxylic acids is 11. The first-order chi connectivity index (χ1) is 32.8. The third-order valence-corrected chi connectivity index (χ3v) is 11.8. The van der Waals surface area contributed by atoms with E-state index in [1.165, 1.54) is 23.5 Å². The van der Waals surface area contributed by atoms with Gasteiger partial charge < -0.3 is 74.3 Å². The van der Waals surface area contributed by atoms with Crippen LogP contribution >= 0.6 is 23.5 Å². The van der Waals surface area contributed by atoms with E-state index in [9.17, 15) is 67.7 Å². The van der Waals surface area contributed by atoms with Gasteiger partial charge in [0, 0.05) is 6.42 Å². The van der Waals surface area contributed by atoms with Crippen LogP contribution in [0.5, 0.6) is 0 Å². The van der Waals surface area contributed by atoms with Gasteiger partial charge in [-0.25, -0.2) is 0 Å². The zero-order chi connectivity index (χ0) is 53.7. The molecular weight excluding hydrogens is 959 g/mol. The molecule has 0 rings (SSSR count). The van der Waals surface area contributed by atoms with Crippen LogP contribution in [0.25, 0.3) is 0 Å². The minimum absolute atomic E-state index is 0.0181. The molecule has 10 amide bonds. The number of aliphatic hydroxyl groups excluding tert-OH is 1. The van der Waals surface area contributed by atoms with E-state index in [-0.39, 0.29) is 43.3 Å². The van der Waals surface area contributed by atoms with Crippen LogP contribution in [0.2, 0.25) is 0 Å². The van der Waals surface area contributed by atoms with E-state index >= 15 is 0 Å². The molecule has 398 valence electrons. The van der Waals surface area contributed by atoms with Gasteiger partial charge in [0.05, 0.1) is 38.2 Å². The van der Waals surface area contributed by atoms with Gasteiger partial charge in [0.25, 0.3) is 0 Å². The van der Waals surface area contributed by atoms with E-state index in [1.807, 2.05) is 13.2 Å². The predicted molar refractivity (Wildman–Crippen MR) is 261 cm³/mol. The number of thioether (sulfide) groups is 2. The van der Waals surface area contributed by atoms with E-state index in [4.69, 9.17) is 11.5 Å². The molecule has 0 aliphatic carbocycles. The van der Waals surface area contributed by atoms with Gasteiger partial charge in [-0.3, -0.25) is 52.7 Å². The summed E-state index contributed by atoms with van der Waals surface area (Å²) in [7, 11) is 0. The Balaban J connectivity index is 6.06. The lowest BCUT2D eigenvalue weighted by atomic mass is 9.98. The normalized spacial score (nSPS) is 14.9. The van der Waals surface area contributed by atoms with Crippen LogP contribution in [-0.2, 0) is 57.5 Å². The molecule has 15 N–H and O–H groups in total. The van der Waals surface area contributed by atoms with Crippen LogP contribution in [0.3, 0.4) is 0 Å². The Morgan fingerprint density at radius 3 is 1.60 bits per heavy atom. The number of rotatable bonds is 36. The van der Waals surface area contributed by atoms with Crippen LogP contribution < -0.4 is 59.3 Å². The first-order valence-corrected chi connectivity index (χ1v) is 25.6. The van der Waals surface area contributed by atoms with Crippen molar-refractivity contribution in [3.63, 3.8) is 0 Å². The summed E-state index contributed by atoms with van der Waals surface area (Å²) < 4.78 is 0. The number of aldehydes is 1. The number of carbonyl (C=O) groups is 12. The van der Waals surface area contributed by atoms with Crippen molar-refractivity contribution < 1.29 is 67.7 Å². The Morgan fingerprint density at radius 2 is 1.09 bits per heavy atom. The monoisotopic (exact) mass is 1030 g/mol. The van der Waals surface area contributed by atoms with E-state index < -0.39 is 145 Å². The highest BCUT2D eigenvalue weighted by Crippen LogP contribution is 2.11. The van der Waals surface area contributed by atoms with Crippen LogP contribution in [0.4, 0.5) is 0 Å². The van der Waals surface area contributed by atoms with Crippen molar-refractivity contribution in [2.45, 2.75) is 135 Å². The van der Waals surface area contributed by atoms with Gasteiger partial charge in [0.2, 0.25) is 59.1 Å². The molecule has 0 aliphatic heterocycles. The number of carboxylic acid groups (broad SMARTS) is 1. The number of nitrogens with two attached hydrogens (primary N) is 2. The van der Waals surface area contributed by atoms with Crippen LogP contribution in [0, 0.1) is 17.8 Å². The highest BCUT2D eigenvalue weighted by molar-refractivity contribution is 7.98. The Kier molecular flexibility index (Phi) is 32.0. The second-order valence-electron chi connectivity index (χ2n) is 17.2. The van der Waals surface area contributed by atoms with Gasteiger partial charge >= 0.3 is 5.97 Å². The van der Waals surface area contributed by atoms with Gasteiger partial charge in [-0.15, -0.1) is 0 Å². The van der Waals surface area contributed by atoms with Crippen molar-refractivity contribution >= 4 is 94.9 Å². The van der Waals surface area contributed by atoms with Gasteiger partial charge in [-0.2, -0.15) is 23.5 Å². The molecule has 0 saturated carbocycles. The standard InChI is InChI=1S/C43H75N11O14S2/c1-9-24(6)35(45)42(67)51-26(10-11-31(44)57)37(62)46-19-33(59)49-30(21-56)41(66)52-28(16-22(2)3)39(64)50-27(13-15-70-8)38(63)53-29(17-34(60)61)40(65)54-36(23(4)5)43(68)47-18-32(58)48-25(20-55)12-14-69-7/h20,22-30,35-36,56H,9-19,21,45H2,1-8H3,(H2,44,57)(H,46,62)(H,47,68)(H,48,58)(H,49,59)(H,50,64)(H,51,67)(H,52,66)(H,53,63)(H,54,65)(H,60,61)/t24-,25-,26-,27-,28-,29-,30-,35-,36-/m0/s1. The van der Waals surface area contributed by atoms with Gasteiger partial charge in [-0.1, -0.05) is 48.0 Å². The maximum Gasteiger partial charge on any atom is 0.305 e. The molecule has 9 atom stereocenters. The average Bonchev–Trinajstić information content (AvgIpc) is 3.30. The fourth-order valence-electron chi connectivity index (χ4n) is 6.22. The first-order valence-electron chi connectivity index (χ1n) is 22.8. The Bertz CT molecular complexity index is 1790. The Labute approximate surface area is 416 Å². The summed E-state index contributed by atoms with van der Waals surface area (Å²) in [5.41, 5.74) is 11.2. The molecule has 0 aromatic carbocycles. The quantitative estimate of drug-likeness (QED) is 0.0267. The number of nitrogens with one attached hydrogen (secondary N) is 9. The number of amides is 10. The van der Waals surface area contributed by atoms with E-state index in [0.29, 0.717) is 24.9 Å². The van der Waals surface area contributed by atoms with E-state index in [0.717, 1.165) is 0 Å². The maximum absolute atomic E-state index is 13.8. The predicted octanol–water partition coefficient (Wildman–Crippen LogP) is -3.87. The molecule has 0 aliphatic rings. The van der Waals surface area contributed by atoms with Crippen LogP contribution in [0.15, 0.2) is 0 Å². The number of hydrogen-bond acceptors (Lipinski definition) is 16. The molecule has 0 saturated heterocycles. The number of carboxylic acids is 1. The topological polar surface area (TPSA) is 406 Å². The molecule has 70 heavy (non-hydrogen) atoms. The van der Waals surface area contributed by atoms with E-state index in [1.54, 1.807) is 40.9 Å². The number of hydrogen-bond donors (Lipinski definition) is 13. The summed E-state index contributed by atoms with van der Waals surface area (Å²) in [4.78, 5) is 153. The summed E-state index contributed by atoms with van der Waals surface area (Å²) in [6.45, 7) is 7.88. The van der Waals surface area contributed by atoms with Crippen molar-refractivity contribution in [3.8, 4) is 0 Å². The molecular formula is C43H75N11O14S2. The summed E-state index contributed by atoms with van der Waals surface area (Å²) in [5, 5.41) is 41.3. The van der Waals surface area contributed by atoms with Crippen molar-refractivity contribution in [3.05, 3.63) is 0 Å². The molecule has 0 aromatic heterocycles. The second kappa shape index (κ2) is 34.7. The Morgan fingerprint density at radius 1 is 0.600 bits per heavy atom. The van der Waals surface area contributed by atoms with Crippen molar-refractivity contribution in [2.75, 3.05) is 43.7 Å². The fourth-order valence-corrected chi connectivity index (χ4v) is 7.18. The first kappa shape index (κ1) is 64.5. The van der Waals surface area contributed by atoms with Crippen LogP contribution in [0.1, 0.15) is 86.5 Å². The number of aliphatic carboxylic acids is 1. The van der Waals surface area contributed by atoms with Gasteiger partial charge in [-0.05, 0) is 67.5 Å². The lowest BCUT2D eigenvalue weighted by molar-refractivity contribution is -0.141. The minimum atomic E-state index is -1.77.